The number of carbonyl (C=O) groups is 1. The number of carbonyl (C=O) groups excluding carboxylic acids is 1. The van der Waals surface area contributed by atoms with Crippen LogP contribution in [-0.2, 0) is 4.79 Å². The van der Waals surface area contributed by atoms with E-state index in [4.69, 9.17) is 12.2 Å². The zero-order valence-corrected chi connectivity index (χ0v) is 14.1. The molecule has 0 rings (SSSR count). The molecule has 0 aromatic heterocycles. The minimum absolute atomic E-state index is 0.0280. The van der Waals surface area contributed by atoms with Gasteiger partial charge in [-0.2, -0.15) is 0 Å². The quantitative estimate of drug-likeness (QED) is 0.417. The largest absolute Gasteiger partial charge is 0.365 e. The summed E-state index contributed by atoms with van der Waals surface area (Å²) < 4.78 is 0. The summed E-state index contributed by atoms with van der Waals surface area (Å²) in [5.41, 5.74) is 0. The van der Waals surface area contributed by atoms with Gasteiger partial charge in [-0.3, -0.25) is 4.79 Å². The first-order valence-electron chi connectivity index (χ1n) is 8.22. The second-order valence-corrected chi connectivity index (χ2v) is 5.82. The maximum absolute atomic E-state index is 11.4. The first-order valence-corrected chi connectivity index (χ1v) is 8.63. The number of unbranched alkanes of at least 4 members (excludes halogenated alkanes) is 10. The average Bonchev–Trinajstić information content (AvgIpc) is 2.44. The van der Waals surface area contributed by atoms with E-state index in [0.29, 0.717) is 11.5 Å². The van der Waals surface area contributed by atoms with Gasteiger partial charge in [0.25, 0.3) is 0 Å². The fourth-order valence-electron chi connectivity index (χ4n) is 2.20. The van der Waals surface area contributed by atoms with Gasteiger partial charge in [-0.15, -0.1) is 0 Å². The minimum Gasteiger partial charge on any atom is -0.365 e. The SMILES string of the molecule is CCCCCCCCCCCCCC(=O)NC(=S)NC. The van der Waals surface area contributed by atoms with Gasteiger partial charge in [-0.1, -0.05) is 71.1 Å². The fourth-order valence-corrected chi connectivity index (χ4v) is 2.32. The van der Waals surface area contributed by atoms with Crippen LogP contribution in [0.3, 0.4) is 0 Å². The van der Waals surface area contributed by atoms with Crippen LogP contribution in [0.25, 0.3) is 0 Å². The summed E-state index contributed by atoms with van der Waals surface area (Å²) in [5, 5.41) is 5.80. The second-order valence-electron chi connectivity index (χ2n) is 5.41. The topological polar surface area (TPSA) is 41.1 Å². The Balaban J connectivity index is 3.16. The molecule has 0 saturated carbocycles. The highest BCUT2D eigenvalue weighted by Gasteiger charge is 2.02. The summed E-state index contributed by atoms with van der Waals surface area (Å²) in [6.45, 7) is 2.26. The third-order valence-electron chi connectivity index (χ3n) is 3.49. The van der Waals surface area contributed by atoms with Crippen molar-refractivity contribution in [1.29, 1.82) is 0 Å². The maximum Gasteiger partial charge on any atom is 0.226 e. The predicted molar refractivity (Wildman–Crippen MR) is 90.9 cm³/mol. The lowest BCUT2D eigenvalue weighted by atomic mass is 10.1. The van der Waals surface area contributed by atoms with Gasteiger partial charge in [0.1, 0.15) is 0 Å². The van der Waals surface area contributed by atoms with Crippen molar-refractivity contribution >= 4 is 23.2 Å². The normalized spacial score (nSPS) is 10.3. The summed E-state index contributed by atoms with van der Waals surface area (Å²) >= 11 is 4.88. The Labute approximate surface area is 130 Å². The van der Waals surface area contributed by atoms with Gasteiger partial charge in [0.15, 0.2) is 5.11 Å². The number of amides is 1. The Kier molecular flexibility index (Phi) is 14.3. The third-order valence-corrected chi connectivity index (χ3v) is 3.79. The van der Waals surface area contributed by atoms with Crippen molar-refractivity contribution in [3.05, 3.63) is 0 Å². The Morgan fingerprint density at radius 2 is 1.30 bits per heavy atom. The van der Waals surface area contributed by atoms with E-state index in [2.05, 4.69) is 17.6 Å². The van der Waals surface area contributed by atoms with E-state index < -0.39 is 0 Å². The third kappa shape index (κ3) is 13.8. The Morgan fingerprint density at radius 3 is 1.75 bits per heavy atom. The molecule has 0 spiro atoms. The molecule has 0 aliphatic heterocycles. The Hall–Kier alpha value is -0.640. The van der Waals surface area contributed by atoms with Gasteiger partial charge >= 0.3 is 0 Å². The molecule has 0 saturated heterocycles. The molecule has 4 heteroatoms. The molecule has 20 heavy (non-hydrogen) atoms. The summed E-state index contributed by atoms with van der Waals surface area (Å²) in [4.78, 5) is 11.4. The highest BCUT2D eigenvalue weighted by Crippen LogP contribution is 2.11. The van der Waals surface area contributed by atoms with Crippen molar-refractivity contribution < 1.29 is 4.79 Å². The van der Waals surface area contributed by atoms with Gasteiger partial charge in [-0.05, 0) is 18.6 Å². The van der Waals surface area contributed by atoms with Gasteiger partial charge in [-0.25, -0.2) is 0 Å². The van der Waals surface area contributed by atoms with Gasteiger partial charge in [0.2, 0.25) is 5.91 Å². The smallest absolute Gasteiger partial charge is 0.226 e. The minimum atomic E-state index is 0.0280. The standard InChI is InChI=1S/C16H32N2OS/c1-3-4-5-6-7-8-9-10-11-12-13-14-15(19)18-16(20)17-2/h3-14H2,1-2H3,(H2,17,18,19,20). The van der Waals surface area contributed by atoms with E-state index in [-0.39, 0.29) is 5.91 Å². The molecule has 1 amide bonds. The van der Waals surface area contributed by atoms with Crippen LogP contribution in [0, 0.1) is 0 Å². The van der Waals surface area contributed by atoms with E-state index in [1.165, 1.54) is 57.8 Å². The van der Waals surface area contributed by atoms with Crippen LogP contribution in [0.4, 0.5) is 0 Å². The summed E-state index contributed by atoms with van der Waals surface area (Å²) in [6.07, 6.45) is 14.9. The molecule has 0 bridgehead atoms. The van der Waals surface area contributed by atoms with Gasteiger partial charge in [0, 0.05) is 13.5 Å². The summed E-state index contributed by atoms with van der Waals surface area (Å²) in [7, 11) is 1.71. The Bertz CT molecular complexity index is 257. The number of nitrogens with one attached hydrogen (secondary N) is 2. The lowest BCUT2D eigenvalue weighted by Crippen LogP contribution is -2.36. The van der Waals surface area contributed by atoms with E-state index in [0.717, 1.165) is 12.8 Å². The lowest BCUT2D eigenvalue weighted by molar-refractivity contribution is -0.119. The van der Waals surface area contributed by atoms with Crippen molar-refractivity contribution in [3.63, 3.8) is 0 Å². The van der Waals surface area contributed by atoms with E-state index >= 15 is 0 Å². The van der Waals surface area contributed by atoms with Crippen molar-refractivity contribution in [2.24, 2.45) is 0 Å². The Morgan fingerprint density at radius 1 is 0.850 bits per heavy atom. The zero-order chi connectivity index (χ0) is 15.1. The van der Waals surface area contributed by atoms with Crippen LogP contribution >= 0.6 is 12.2 Å². The van der Waals surface area contributed by atoms with Gasteiger partial charge in [0.05, 0.1) is 0 Å². The molecule has 0 radical (unpaired) electrons. The number of hydrogen-bond donors (Lipinski definition) is 2. The monoisotopic (exact) mass is 300 g/mol. The molecule has 118 valence electrons. The van der Waals surface area contributed by atoms with Crippen LogP contribution in [-0.4, -0.2) is 18.1 Å². The maximum atomic E-state index is 11.4. The van der Waals surface area contributed by atoms with Crippen LogP contribution < -0.4 is 10.6 Å². The summed E-state index contributed by atoms with van der Waals surface area (Å²) in [5.74, 6) is 0.0280. The molecular weight excluding hydrogens is 268 g/mol. The van der Waals surface area contributed by atoms with Gasteiger partial charge < -0.3 is 10.6 Å². The second kappa shape index (κ2) is 14.8. The highest BCUT2D eigenvalue weighted by atomic mass is 32.1. The van der Waals surface area contributed by atoms with Crippen LogP contribution in [0.2, 0.25) is 0 Å². The van der Waals surface area contributed by atoms with Crippen molar-refractivity contribution in [2.75, 3.05) is 7.05 Å². The molecule has 0 fully saturated rings. The highest BCUT2D eigenvalue weighted by molar-refractivity contribution is 7.80. The predicted octanol–water partition coefficient (Wildman–Crippen LogP) is 4.31. The number of hydrogen-bond acceptors (Lipinski definition) is 2. The fraction of sp³-hybridized carbons (Fsp3) is 0.875. The number of rotatable bonds is 12. The lowest BCUT2D eigenvalue weighted by Gasteiger charge is -2.05. The zero-order valence-electron chi connectivity index (χ0n) is 13.3. The van der Waals surface area contributed by atoms with E-state index in [1.807, 2.05) is 0 Å². The molecule has 2 N–H and O–H groups in total. The molecule has 0 aliphatic carbocycles. The molecule has 0 aromatic rings. The molecule has 0 heterocycles. The molecule has 3 nitrogen and oxygen atoms in total. The van der Waals surface area contributed by atoms with Crippen LogP contribution in [0.5, 0.6) is 0 Å². The van der Waals surface area contributed by atoms with Crippen molar-refractivity contribution in [3.8, 4) is 0 Å². The van der Waals surface area contributed by atoms with E-state index in [9.17, 15) is 4.79 Å². The molecule has 0 unspecified atom stereocenters. The van der Waals surface area contributed by atoms with Crippen LogP contribution in [0.15, 0.2) is 0 Å². The first kappa shape index (κ1) is 19.4. The molecule has 0 aliphatic rings. The first-order chi connectivity index (χ1) is 9.70. The van der Waals surface area contributed by atoms with Crippen molar-refractivity contribution in [1.82, 2.24) is 10.6 Å². The van der Waals surface area contributed by atoms with Crippen molar-refractivity contribution in [2.45, 2.75) is 84.0 Å². The van der Waals surface area contributed by atoms with Crippen LogP contribution in [0.1, 0.15) is 84.0 Å². The van der Waals surface area contributed by atoms with E-state index in [1.54, 1.807) is 7.05 Å². The molecule has 0 atom stereocenters. The number of thiocarbonyl (C=S) groups is 1. The summed E-state index contributed by atoms with van der Waals surface area (Å²) in [6, 6.07) is 0. The average molecular weight is 301 g/mol. The molecular formula is C16H32N2OS. The molecule has 0 aromatic carbocycles.